The zero-order valence-electron chi connectivity index (χ0n) is 11.9. The van der Waals surface area contributed by atoms with Gasteiger partial charge >= 0.3 is 5.97 Å². The molecule has 0 spiro atoms. The molecule has 0 aliphatic heterocycles. The lowest BCUT2D eigenvalue weighted by molar-refractivity contribution is 0.0696. The normalized spacial score (nSPS) is 13.9. The second kappa shape index (κ2) is 5.13. The van der Waals surface area contributed by atoms with E-state index in [1.165, 1.54) is 10.7 Å². The second-order valence-electron chi connectivity index (χ2n) is 5.25. The lowest BCUT2D eigenvalue weighted by Crippen LogP contribution is -2.16. The van der Waals surface area contributed by atoms with Crippen LogP contribution in [-0.4, -0.2) is 29.3 Å². The summed E-state index contributed by atoms with van der Waals surface area (Å²) in [7, 11) is -2.19. The van der Waals surface area contributed by atoms with E-state index in [0.29, 0.717) is 18.4 Å². The molecule has 0 saturated heterocycles. The predicted octanol–water partition coefficient (Wildman–Crippen LogP) is 1.41. The van der Waals surface area contributed by atoms with E-state index in [9.17, 15) is 13.2 Å². The van der Waals surface area contributed by atoms with E-state index in [4.69, 9.17) is 5.11 Å². The largest absolute Gasteiger partial charge is 0.478 e. The molecule has 0 radical (unpaired) electrons. The summed E-state index contributed by atoms with van der Waals surface area (Å²) >= 11 is 0. The molecule has 7 nitrogen and oxygen atoms in total. The summed E-state index contributed by atoms with van der Waals surface area (Å²) in [5, 5.41) is 13.2. The molecule has 22 heavy (non-hydrogen) atoms. The molecule has 1 aliphatic rings. The summed E-state index contributed by atoms with van der Waals surface area (Å²) in [4.78, 5) is 11.2. The number of nitrogens with one attached hydrogen (secondary N) is 1. The summed E-state index contributed by atoms with van der Waals surface area (Å²) in [5.74, 6) is -0.932. The highest BCUT2D eigenvalue weighted by molar-refractivity contribution is 7.92. The van der Waals surface area contributed by atoms with Crippen molar-refractivity contribution in [1.29, 1.82) is 0 Å². The number of hydrogen-bond donors (Lipinski definition) is 2. The Labute approximate surface area is 127 Å². The fourth-order valence-corrected chi connectivity index (χ4v) is 4.02. The van der Waals surface area contributed by atoms with Gasteiger partial charge in [0, 0.05) is 19.3 Å². The summed E-state index contributed by atoms with van der Waals surface area (Å²) in [6.45, 7) is 0. The third kappa shape index (κ3) is 2.57. The second-order valence-corrected chi connectivity index (χ2v) is 6.90. The molecule has 1 aliphatic carbocycles. The Bertz CT molecular complexity index is 855. The van der Waals surface area contributed by atoms with Crippen LogP contribution in [-0.2, 0) is 29.9 Å². The molecular weight excluding hydrogens is 306 g/mol. The van der Waals surface area contributed by atoms with E-state index in [0.717, 1.165) is 12.0 Å². The van der Waals surface area contributed by atoms with Gasteiger partial charge in [-0.2, -0.15) is 5.10 Å². The maximum absolute atomic E-state index is 12.6. The maximum Gasteiger partial charge on any atom is 0.335 e. The molecule has 2 N–H and O–H groups in total. The number of carbonyl (C=O) groups is 1. The average molecular weight is 321 g/mol. The van der Waals surface area contributed by atoms with Crippen LogP contribution in [0.2, 0.25) is 0 Å². The van der Waals surface area contributed by atoms with Crippen molar-refractivity contribution in [2.45, 2.75) is 24.2 Å². The summed E-state index contributed by atoms with van der Waals surface area (Å²) in [6.07, 6.45) is 3.77. The first-order valence-corrected chi connectivity index (χ1v) is 8.27. The van der Waals surface area contributed by atoms with Gasteiger partial charge in [-0.25, -0.2) is 13.2 Å². The van der Waals surface area contributed by atoms with Gasteiger partial charge in [0.1, 0.15) is 0 Å². The van der Waals surface area contributed by atoms with Gasteiger partial charge in [-0.15, -0.1) is 0 Å². The maximum atomic E-state index is 12.6. The zero-order valence-corrected chi connectivity index (χ0v) is 12.7. The molecule has 0 fully saturated rings. The number of benzene rings is 1. The van der Waals surface area contributed by atoms with Crippen LogP contribution in [0.25, 0.3) is 0 Å². The quantitative estimate of drug-likeness (QED) is 0.886. The van der Waals surface area contributed by atoms with Crippen LogP contribution in [0.15, 0.2) is 29.3 Å². The zero-order chi connectivity index (χ0) is 15.9. The van der Waals surface area contributed by atoms with Crippen molar-refractivity contribution >= 4 is 21.8 Å². The molecule has 0 amide bonds. The fourth-order valence-electron chi connectivity index (χ4n) is 2.69. The van der Waals surface area contributed by atoms with Crippen LogP contribution < -0.4 is 4.72 Å². The Morgan fingerprint density at radius 2 is 2.14 bits per heavy atom. The van der Waals surface area contributed by atoms with E-state index in [-0.39, 0.29) is 16.3 Å². The molecule has 116 valence electrons. The molecular formula is C14H15N3O4S. The van der Waals surface area contributed by atoms with Crippen molar-refractivity contribution in [3.63, 3.8) is 0 Å². The predicted molar refractivity (Wildman–Crippen MR) is 79.4 cm³/mol. The van der Waals surface area contributed by atoms with Gasteiger partial charge in [-0.05, 0) is 42.5 Å². The molecule has 1 aromatic heterocycles. The number of hydrogen-bond acceptors (Lipinski definition) is 4. The number of fused-ring (bicyclic) bond motifs is 1. The molecule has 8 heteroatoms. The highest BCUT2D eigenvalue weighted by atomic mass is 32.2. The van der Waals surface area contributed by atoms with Gasteiger partial charge in [0.25, 0.3) is 10.0 Å². The van der Waals surface area contributed by atoms with Crippen molar-refractivity contribution in [3.8, 4) is 0 Å². The van der Waals surface area contributed by atoms with Gasteiger partial charge in [-0.3, -0.25) is 9.40 Å². The standard InChI is InChI=1S/C14H15N3O4S/c1-17-6-5-13(15-17)16-22(20,21)12-8-10(14(18)19)7-9-3-2-4-11(9)12/h5-8H,2-4H2,1H3,(H,15,16)(H,18,19). The number of carboxylic acid groups (broad SMARTS) is 1. The van der Waals surface area contributed by atoms with Gasteiger partial charge in [0.15, 0.2) is 5.82 Å². The van der Waals surface area contributed by atoms with E-state index in [1.807, 2.05) is 0 Å². The van der Waals surface area contributed by atoms with E-state index < -0.39 is 16.0 Å². The van der Waals surface area contributed by atoms with Crippen LogP contribution in [0, 0.1) is 0 Å². The first-order valence-electron chi connectivity index (χ1n) is 6.78. The van der Waals surface area contributed by atoms with Crippen molar-refractivity contribution < 1.29 is 18.3 Å². The number of carboxylic acids is 1. The Morgan fingerprint density at radius 1 is 1.36 bits per heavy atom. The average Bonchev–Trinajstić information content (AvgIpc) is 3.05. The van der Waals surface area contributed by atoms with Crippen LogP contribution in [0.4, 0.5) is 5.82 Å². The monoisotopic (exact) mass is 321 g/mol. The minimum absolute atomic E-state index is 0.0120. The van der Waals surface area contributed by atoms with Crippen molar-refractivity contribution in [2.24, 2.45) is 7.05 Å². The molecule has 1 aromatic carbocycles. The molecule has 0 unspecified atom stereocenters. The Balaban J connectivity index is 2.08. The van der Waals surface area contributed by atoms with E-state index in [1.54, 1.807) is 25.4 Å². The van der Waals surface area contributed by atoms with Crippen LogP contribution in [0.3, 0.4) is 0 Å². The topological polar surface area (TPSA) is 101 Å². The van der Waals surface area contributed by atoms with Gasteiger partial charge in [0.2, 0.25) is 0 Å². The molecule has 2 aromatic rings. The number of rotatable bonds is 4. The van der Waals surface area contributed by atoms with Crippen LogP contribution >= 0.6 is 0 Å². The van der Waals surface area contributed by atoms with E-state index in [2.05, 4.69) is 9.82 Å². The summed E-state index contributed by atoms with van der Waals surface area (Å²) in [5.41, 5.74) is 1.48. The first-order chi connectivity index (χ1) is 10.4. The first kappa shape index (κ1) is 14.6. The molecule has 0 saturated carbocycles. The number of sulfonamides is 1. The summed E-state index contributed by atoms with van der Waals surface area (Å²) in [6, 6.07) is 4.32. The number of nitrogens with zero attached hydrogens (tertiary/aromatic N) is 2. The van der Waals surface area contributed by atoms with E-state index >= 15 is 0 Å². The van der Waals surface area contributed by atoms with Crippen molar-refractivity contribution in [3.05, 3.63) is 41.1 Å². The van der Waals surface area contributed by atoms with Crippen molar-refractivity contribution in [2.75, 3.05) is 4.72 Å². The SMILES string of the molecule is Cn1ccc(NS(=O)(=O)c2cc(C(=O)O)cc3c2CCC3)n1. The third-order valence-electron chi connectivity index (χ3n) is 3.66. The highest BCUT2D eigenvalue weighted by Crippen LogP contribution is 2.31. The number of anilines is 1. The van der Waals surface area contributed by atoms with Gasteiger partial charge < -0.3 is 5.11 Å². The fraction of sp³-hybridized carbons (Fsp3) is 0.286. The molecule has 1 heterocycles. The van der Waals surface area contributed by atoms with Crippen LogP contribution in [0.5, 0.6) is 0 Å². The van der Waals surface area contributed by atoms with Gasteiger partial charge in [0.05, 0.1) is 10.5 Å². The molecule has 0 bridgehead atoms. The lowest BCUT2D eigenvalue weighted by atomic mass is 10.1. The third-order valence-corrected chi connectivity index (χ3v) is 5.08. The smallest absolute Gasteiger partial charge is 0.335 e. The minimum atomic E-state index is -3.87. The Hall–Kier alpha value is -2.35. The van der Waals surface area contributed by atoms with Crippen LogP contribution in [0.1, 0.15) is 27.9 Å². The molecule has 3 rings (SSSR count). The highest BCUT2D eigenvalue weighted by Gasteiger charge is 2.26. The Kier molecular flexibility index (Phi) is 3.40. The van der Waals surface area contributed by atoms with Gasteiger partial charge in [-0.1, -0.05) is 0 Å². The minimum Gasteiger partial charge on any atom is -0.478 e. The number of aromatic carboxylic acids is 1. The lowest BCUT2D eigenvalue weighted by Gasteiger charge is -2.11. The number of aromatic nitrogens is 2. The molecule has 0 atom stereocenters. The Morgan fingerprint density at radius 3 is 2.77 bits per heavy atom. The number of aryl methyl sites for hydroxylation is 2. The van der Waals surface area contributed by atoms with Crippen molar-refractivity contribution in [1.82, 2.24) is 9.78 Å². The summed E-state index contributed by atoms with van der Waals surface area (Å²) < 4.78 is 29.1.